The number of fused-ring (bicyclic) bond motifs is 1. The zero-order valence-electron chi connectivity index (χ0n) is 15.6. The van der Waals surface area contributed by atoms with Crippen molar-refractivity contribution in [1.82, 2.24) is 9.62 Å². The fraction of sp³-hybridized carbons (Fsp3) is 0.250. The summed E-state index contributed by atoms with van der Waals surface area (Å²) in [7, 11) is -2.03. The molecule has 28 heavy (non-hydrogen) atoms. The van der Waals surface area contributed by atoms with Crippen LogP contribution in [0.15, 0.2) is 60.0 Å². The van der Waals surface area contributed by atoms with Crippen LogP contribution in [0, 0.1) is 0 Å². The Hall–Kier alpha value is -2.84. The Bertz CT molecular complexity index is 988. The predicted octanol–water partition coefficient (Wildman–Crippen LogP) is 2.19. The van der Waals surface area contributed by atoms with Crippen LogP contribution in [0.4, 0.5) is 0 Å². The minimum atomic E-state index is -3.70. The molecule has 1 N–H and O–H groups in total. The quantitative estimate of drug-likeness (QED) is 0.718. The summed E-state index contributed by atoms with van der Waals surface area (Å²) >= 11 is 0. The fourth-order valence-electron chi connectivity index (χ4n) is 2.80. The Morgan fingerprint density at radius 2 is 1.93 bits per heavy atom. The van der Waals surface area contributed by atoms with Crippen molar-refractivity contribution < 1.29 is 22.7 Å². The van der Waals surface area contributed by atoms with Crippen LogP contribution in [0.1, 0.15) is 15.9 Å². The van der Waals surface area contributed by atoms with Gasteiger partial charge in [0.2, 0.25) is 10.0 Å². The minimum Gasteiger partial charge on any atom is -0.486 e. The van der Waals surface area contributed by atoms with Gasteiger partial charge in [0.1, 0.15) is 13.2 Å². The molecule has 7 nitrogen and oxygen atoms in total. The molecular weight excluding hydrogens is 380 g/mol. The topological polar surface area (TPSA) is 84.9 Å². The highest BCUT2D eigenvalue weighted by Crippen LogP contribution is 2.31. The van der Waals surface area contributed by atoms with E-state index < -0.39 is 10.0 Å². The summed E-state index contributed by atoms with van der Waals surface area (Å²) in [5.74, 6) is 1.07. The van der Waals surface area contributed by atoms with Crippen molar-refractivity contribution in [3.8, 4) is 11.5 Å². The molecule has 3 rings (SSSR count). The lowest BCUT2D eigenvalue weighted by Gasteiger charge is -2.21. The summed E-state index contributed by atoms with van der Waals surface area (Å²) < 4.78 is 38.0. The summed E-state index contributed by atoms with van der Waals surface area (Å²) in [5, 5.41) is 0. The van der Waals surface area contributed by atoms with Crippen LogP contribution in [0.3, 0.4) is 0 Å². The number of carbonyl (C=O) groups is 1. The van der Waals surface area contributed by atoms with E-state index in [9.17, 15) is 13.2 Å². The van der Waals surface area contributed by atoms with Gasteiger partial charge in [0.05, 0.1) is 4.90 Å². The summed E-state index contributed by atoms with van der Waals surface area (Å²) in [6.45, 7) is 4.96. The van der Waals surface area contributed by atoms with E-state index in [0.717, 1.165) is 5.56 Å². The van der Waals surface area contributed by atoms with Crippen LogP contribution in [0.5, 0.6) is 11.5 Å². The summed E-state index contributed by atoms with van der Waals surface area (Å²) in [4.78, 5) is 14.3. The maximum atomic E-state index is 12.8. The number of ether oxygens (including phenoxy) is 2. The van der Waals surface area contributed by atoms with Gasteiger partial charge in [-0.15, -0.1) is 6.58 Å². The average molecular weight is 402 g/mol. The summed E-state index contributed by atoms with van der Waals surface area (Å²) in [5.41, 5.74) is 1.18. The molecule has 0 radical (unpaired) electrons. The van der Waals surface area contributed by atoms with Gasteiger partial charge in [-0.3, -0.25) is 4.79 Å². The predicted molar refractivity (Wildman–Crippen MR) is 105 cm³/mol. The van der Waals surface area contributed by atoms with Gasteiger partial charge in [0.25, 0.3) is 5.91 Å². The third kappa shape index (κ3) is 4.52. The Labute approximate surface area is 164 Å². The van der Waals surface area contributed by atoms with Crippen molar-refractivity contribution in [2.75, 3.05) is 26.8 Å². The van der Waals surface area contributed by atoms with E-state index in [1.165, 1.54) is 23.1 Å². The largest absolute Gasteiger partial charge is 0.486 e. The van der Waals surface area contributed by atoms with Crippen molar-refractivity contribution >= 4 is 15.9 Å². The molecule has 1 aliphatic rings. The van der Waals surface area contributed by atoms with Crippen LogP contribution < -0.4 is 14.2 Å². The molecule has 2 aromatic rings. The number of sulfonamides is 1. The number of nitrogens with zero attached hydrogens (tertiary/aromatic N) is 1. The number of nitrogens with one attached hydrogen (secondary N) is 1. The molecule has 0 saturated carbocycles. The van der Waals surface area contributed by atoms with Crippen LogP contribution >= 0.6 is 0 Å². The Balaban J connectivity index is 1.75. The van der Waals surface area contributed by atoms with E-state index in [-0.39, 0.29) is 17.3 Å². The normalized spacial score (nSPS) is 13.0. The molecule has 0 aliphatic carbocycles. The number of hydrogen-bond donors (Lipinski definition) is 1. The van der Waals surface area contributed by atoms with Crippen molar-refractivity contribution in [2.24, 2.45) is 0 Å². The molecule has 1 aliphatic heterocycles. The van der Waals surface area contributed by atoms with E-state index in [4.69, 9.17) is 9.47 Å². The molecule has 0 unspecified atom stereocenters. The zero-order valence-corrected chi connectivity index (χ0v) is 16.4. The standard InChI is InChI=1S/C20H22N2O5S/c1-3-9-21-28(24,25)17-6-4-5-16(13-17)20(23)22(2)14-15-7-8-18-19(12-15)27-11-10-26-18/h3-8,12-13,21H,1,9-11,14H2,2H3. The molecule has 2 aromatic carbocycles. The SMILES string of the molecule is C=CCNS(=O)(=O)c1cccc(C(=O)N(C)Cc2ccc3c(c2)OCCO3)c1. The first-order valence-electron chi connectivity index (χ1n) is 8.75. The van der Waals surface area contributed by atoms with Crippen LogP contribution in [0.2, 0.25) is 0 Å². The number of benzene rings is 2. The van der Waals surface area contributed by atoms with Crippen LogP contribution in [-0.2, 0) is 16.6 Å². The smallest absolute Gasteiger partial charge is 0.253 e. The van der Waals surface area contributed by atoms with Crippen molar-refractivity contribution in [1.29, 1.82) is 0 Å². The molecule has 0 aromatic heterocycles. The maximum Gasteiger partial charge on any atom is 0.253 e. The lowest BCUT2D eigenvalue weighted by molar-refractivity contribution is 0.0784. The molecular formula is C20H22N2O5S. The first-order chi connectivity index (χ1) is 13.4. The van der Waals surface area contributed by atoms with E-state index in [2.05, 4.69) is 11.3 Å². The van der Waals surface area contributed by atoms with Crippen molar-refractivity contribution in [3.05, 3.63) is 66.2 Å². The molecule has 148 valence electrons. The van der Waals surface area contributed by atoms with Crippen molar-refractivity contribution in [2.45, 2.75) is 11.4 Å². The van der Waals surface area contributed by atoms with Gasteiger partial charge >= 0.3 is 0 Å². The first-order valence-corrected chi connectivity index (χ1v) is 10.2. The molecule has 0 spiro atoms. The number of amides is 1. The lowest BCUT2D eigenvalue weighted by Crippen LogP contribution is -2.27. The number of carbonyl (C=O) groups excluding carboxylic acids is 1. The van der Waals surface area contributed by atoms with Gasteiger partial charge in [-0.25, -0.2) is 13.1 Å². The summed E-state index contributed by atoms with van der Waals surface area (Å²) in [6.07, 6.45) is 1.45. The van der Waals surface area contributed by atoms with E-state index >= 15 is 0 Å². The van der Waals surface area contributed by atoms with E-state index in [0.29, 0.717) is 36.8 Å². The second-order valence-corrected chi connectivity index (χ2v) is 8.07. The molecule has 1 heterocycles. The first kappa shape index (κ1) is 19.9. The van der Waals surface area contributed by atoms with Gasteiger partial charge in [-0.05, 0) is 35.9 Å². The van der Waals surface area contributed by atoms with Gasteiger partial charge in [-0.2, -0.15) is 0 Å². The van der Waals surface area contributed by atoms with Gasteiger partial charge in [0.15, 0.2) is 11.5 Å². The Morgan fingerprint density at radius 1 is 1.18 bits per heavy atom. The Morgan fingerprint density at radius 3 is 2.68 bits per heavy atom. The molecule has 0 saturated heterocycles. The Kier molecular flexibility index (Phi) is 6.01. The van der Waals surface area contributed by atoms with Crippen LogP contribution in [-0.4, -0.2) is 46.0 Å². The van der Waals surface area contributed by atoms with Gasteiger partial charge in [0, 0.05) is 25.7 Å². The lowest BCUT2D eigenvalue weighted by atomic mass is 10.1. The van der Waals surface area contributed by atoms with Gasteiger partial charge < -0.3 is 14.4 Å². The number of hydrogen-bond acceptors (Lipinski definition) is 5. The highest BCUT2D eigenvalue weighted by molar-refractivity contribution is 7.89. The highest BCUT2D eigenvalue weighted by Gasteiger charge is 2.18. The highest BCUT2D eigenvalue weighted by atomic mass is 32.2. The third-order valence-corrected chi connectivity index (χ3v) is 5.60. The maximum absolute atomic E-state index is 12.8. The second-order valence-electron chi connectivity index (χ2n) is 6.31. The average Bonchev–Trinajstić information content (AvgIpc) is 2.71. The van der Waals surface area contributed by atoms with Crippen LogP contribution in [0.25, 0.3) is 0 Å². The van der Waals surface area contributed by atoms with E-state index in [1.54, 1.807) is 19.2 Å². The molecule has 0 atom stereocenters. The molecule has 0 fully saturated rings. The minimum absolute atomic E-state index is 0.0351. The molecule has 8 heteroatoms. The molecule has 0 bridgehead atoms. The van der Waals surface area contributed by atoms with Gasteiger partial charge in [-0.1, -0.05) is 18.2 Å². The zero-order chi connectivity index (χ0) is 20.1. The number of rotatable bonds is 7. The van der Waals surface area contributed by atoms with E-state index in [1.807, 2.05) is 18.2 Å². The van der Waals surface area contributed by atoms with Crippen molar-refractivity contribution in [3.63, 3.8) is 0 Å². The monoisotopic (exact) mass is 402 g/mol. The second kappa shape index (κ2) is 8.45. The summed E-state index contributed by atoms with van der Waals surface area (Å²) in [6, 6.07) is 11.5. The molecule has 1 amide bonds. The fourth-order valence-corrected chi connectivity index (χ4v) is 3.84. The third-order valence-electron chi connectivity index (χ3n) is 4.18.